The van der Waals surface area contributed by atoms with Crippen molar-refractivity contribution in [1.29, 1.82) is 0 Å². The number of hydrogen-bond acceptors (Lipinski definition) is 1. The van der Waals surface area contributed by atoms with E-state index in [9.17, 15) is 0 Å². The fraction of sp³-hybridized carbons (Fsp3) is 0.429. The van der Waals surface area contributed by atoms with E-state index in [0.29, 0.717) is 0 Å². The molecule has 0 saturated carbocycles. The molecule has 0 spiro atoms. The van der Waals surface area contributed by atoms with Gasteiger partial charge in [0.2, 0.25) is 0 Å². The third-order valence-electron chi connectivity index (χ3n) is 1.80. The van der Waals surface area contributed by atoms with Gasteiger partial charge < -0.3 is 5.11 Å². The molecule has 0 saturated heterocycles. The van der Waals surface area contributed by atoms with Crippen LogP contribution >= 0.6 is 0 Å². The lowest BCUT2D eigenvalue weighted by Gasteiger charge is -2.08. The van der Waals surface area contributed by atoms with Crippen molar-refractivity contribution in [3.8, 4) is 0 Å². The topological polar surface area (TPSA) is 20.2 Å². The Labute approximate surface area is 94.5 Å². The van der Waals surface area contributed by atoms with Gasteiger partial charge in [-0.25, -0.2) is 0 Å². The Morgan fingerprint density at radius 3 is 1.80 bits per heavy atom. The molecule has 0 heterocycles. The second-order valence-electron chi connectivity index (χ2n) is 2.62. The van der Waals surface area contributed by atoms with E-state index >= 15 is 0 Å². The van der Waals surface area contributed by atoms with Crippen molar-refractivity contribution in [2.24, 2.45) is 0 Å². The van der Waals surface area contributed by atoms with E-state index in [1.54, 1.807) is 0 Å². The van der Waals surface area contributed by atoms with Gasteiger partial charge in [-0.05, 0) is 5.56 Å². The van der Waals surface area contributed by atoms with Gasteiger partial charge in [0.1, 0.15) is 0 Å². The largest absolute Gasteiger partial charge is 0.512 e. The van der Waals surface area contributed by atoms with E-state index in [0.717, 1.165) is 5.56 Å². The third-order valence-corrected chi connectivity index (χ3v) is 1.80. The van der Waals surface area contributed by atoms with E-state index in [2.05, 4.69) is 6.58 Å². The highest BCUT2D eigenvalue weighted by molar-refractivity contribution is 5.23. The second kappa shape index (κ2) is 10.8. The summed E-state index contributed by atoms with van der Waals surface area (Å²) in [4.78, 5) is 0. The lowest BCUT2D eigenvalue weighted by molar-refractivity contribution is 0.378. The molecule has 0 aromatic heterocycles. The average molecular weight is 208 g/mol. The van der Waals surface area contributed by atoms with Gasteiger partial charge in [0.25, 0.3) is 0 Å². The number of allylic oxidation sites excluding steroid dienone is 1. The summed E-state index contributed by atoms with van der Waals surface area (Å²) in [6.07, 6.45) is 0. The van der Waals surface area contributed by atoms with Crippen molar-refractivity contribution in [3.63, 3.8) is 0 Å². The Morgan fingerprint density at radius 1 is 1.07 bits per heavy atom. The molecule has 1 aromatic carbocycles. The molecule has 1 heteroatoms. The van der Waals surface area contributed by atoms with Crippen molar-refractivity contribution in [1.82, 2.24) is 0 Å². The smallest absolute Gasteiger partial charge is 0.0922 e. The average Bonchev–Trinajstić information content (AvgIpc) is 2.34. The standard InChI is InChI=1S/C10H12O.2C2H6/c1-8(9(2)11)10-6-4-3-5-7-10;2*1-2/h3-8,11H,2H2,1H3;2*1-2H3. The van der Waals surface area contributed by atoms with Gasteiger partial charge in [0, 0.05) is 5.92 Å². The molecule has 1 aromatic rings. The molecule has 0 radical (unpaired) electrons. The van der Waals surface area contributed by atoms with Crippen LogP contribution in [0.2, 0.25) is 0 Å². The minimum Gasteiger partial charge on any atom is -0.512 e. The molecule has 0 aliphatic carbocycles. The molecule has 0 aliphatic rings. The zero-order valence-electron chi connectivity index (χ0n) is 10.6. The van der Waals surface area contributed by atoms with E-state index in [1.807, 2.05) is 65.0 Å². The zero-order valence-corrected chi connectivity index (χ0v) is 10.6. The summed E-state index contributed by atoms with van der Waals surface area (Å²) < 4.78 is 0. The van der Waals surface area contributed by atoms with Gasteiger partial charge in [0.05, 0.1) is 5.76 Å². The van der Waals surface area contributed by atoms with Crippen LogP contribution < -0.4 is 0 Å². The normalized spacial score (nSPS) is 9.93. The number of benzene rings is 1. The van der Waals surface area contributed by atoms with Crippen LogP contribution in [0.4, 0.5) is 0 Å². The molecule has 0 aliphatic heterocycles. The number of aliphatic hydroxyl groups excluding tert-OH is 1. The first-order valence-electron chi connectivity index (χ1n) is 5.64. The van der Waals surface area contributed by atoms with Crippen LogP contribution in [0.15, 0.2) is 42.7 Å². The third kappa shape index (κ3) is 6.78. The van der Waals surface area contributed by atoms with E-state index in [1.165, 1.54) is 0 Å². The van der Waals surface area contributed by atoms with Crippen molar-refractivity contribution in [2.45, 2.75) is 40.5 Å². The highest BCUT2D eigenvalue weighted by atomic mass is 16.3. The Morgan fingerprint density at radius 2 is 1.47 bits per heavy atom. The van der Waals surface area contributed by atoms with Crippen molar-refractivity contribution in [2.75, 3.05) is 0 Å². The summed E-state index contributed by atoms with van der Waals surface area (Å²) in [5.41, 5.74) is 1.10. The van der Waals surface area contributed by atoms with Gasteiger partial charge in [-0.2, -0.15) is 0 Å². The maximum atomic E-state index is 9.08. The van der Waals surface area contributed by atoms with Crippen LogP contribution in [-0.2, 0) is 0 Å². The molecule has 1 atom stereocenters. The van der Waals surface area contributed by atoms with Gasteiger partial charge in [-0.3, -0.25) is 0 Å². The molecule has 0 fully saturated rings. The van der Waals surface area contributed by atoms with Crippen LogP contribution in [0.1, 0.15) is 46.1 Å². The molecule has 0 amide bonds. The van der Waals surface area contributed by atoms with E-state index in [-0.39, 0.29) is 11.7 Å². The summed E-state index contributed by atoms with van der Waals surface area (Å²) in [5, 5.41) is 9.08. The van der Waals surface area contributed by atoms with Crippen molar-refractivity contribution in [3.05, 3.63) is 48.2 Å². The van der Waals surface area contributed by atoms with Crippen LogP contribution in [0, 0.1) is 0 Å². The maximum absolute atomic E-state index is 9.08. The molecular formula is C14H24O. The maximum Gasteiger partial charge on any atom is 0.0922 e. The zero-order chi connectivity index (χ0) is 12.3. The fourth-order valence-corrected chi connectivity index (χ4v) is 0.934. The summed E-state index contributed by atoms with van der Waals surface area (Å²) >= 11 is 0. The molecule has 15 heavy (non-hydrogen) atoms. The van der Waals surface area contributed by atoms with E-state index < -0.39 is 0 Å². The summed E-state index contributed by atoms with van der Waals surface area (Å²) in [5.74, 6) is 0.257. The Bertz CT molecular complexity index is 239. The van der Waals surface area contributed by atoms with Crippen molar-refractivity contribution >= 4 is 0 Å². The Kier molecular flexibility index (Phi) is 11.7. The lowest BCUT2D eigenvalue weighted by Crippen LogP contribution is -1.94. The van der Waals surface area contributed by atoms with Gasteiger partial charge in [-0.15, -0.1) is 0 Å². The van der Waals surface area contributed by atoms with Crippen LogP contribution in [0.3, 0.4) is 0 Å². The minimum atomic E-state index is 0.0381. The lowest BCUT2D eigenvalue weighted by atomic mass is 10.0. The number of rotatable bonds is 2. The molecule has 1 N–H and O–H groups in total. The highest BCUT2D eigenvalue weighted by Crippen LogP contribution is 2.19. The highest BCUT2D eigenvalue weighted by Gasteiger charge is 2.05. The fourth-order valence-electron chi connectivity index (χ4n) is 0.934. The minimum absolute atomic E-state index is 0.0381. The van der Waals surface area contributed by atoms with E-state index in [4.69, 9.17) is 5.11 Å². The summed E-state index contributed by atoms with van der Waals surface area (Å²) in [7, 11) is 0. The molecule has 1 unspecified atom stereocenters. The SMILES string of the molecule is C=C(O)C(C)c1ccccc1.CC.CC. The molecular weight excluding hydrogens is 184 g/mol. The predicted octanol–water partition coefficient (Wildman–Crippen LogP) is 4.91. The Hall–Kier alpha value is -1.24. The molecule has 86 valence electrons. The first-order chi connectivity index (χ1) is 7.22. The first kappa shape index (κ1) is 16.2. The van der Waals surface area contributed by atoms with Crippen molar-refractivity contribution < 1.29 is 5.11 Å². The summed E-state index contributed by atoms with van der Waals surface area (Å²) in [6.45, 7) is 13.4. The van der Waals surface area contributed by atoms with Gasteiger partial charge in [-0.1, -0.05) is 71.5 Å². The first-order valence-corrected chi connectivity index (χ1v) is 5.64. The number of aliphatic hydroxyl groups is 1. The quantitative estimate of drug-likeness (QED) is 0.684. The van der Waals surface area contributed by atoms with Crippen LogP contribution in [-0.4, -0.2) is 5.11 Å². The second-order valence-corrected chi connectivity index (χ2v) is 2.62. The van der Waals surface area contributed by atoms with Gasteiger partial charge >= 0.3 is 0 Å². The predicted molar refractivity (Wildman–Crippen MR) is 69.3 cm³/mol. The number of hydrogen-bond donors (Lipinski definition) is 1. The monoisotopic (exact) mass is 208 g/mol. The summed E-state index contributed by atoms with van der Waals surface area (Å²) in [6, 6.07) is 9.82. The molecule has 1 nitrogen and oxygen atoms in total. The van der Waals surface area contributed by atoms with Crippen LogP contribution in [0.5, 0.6) is 0 Å². The molecule has 0 bridgehead atoms. The van der Waals surface area contributed by atoms with Crippen LogP contribution in [0.25, 0.3) is 0 Å². The van der Waals surface area contributed by atoms with Gasteiger partial charge in [0.15, 0.2) is 0 Å². The molecule has 1 rings (SSSR count). The Balaban J connectivity index is 0.